The number of rotatable bonds is 5. The minimum Gasteiger partial charge on any atom is -0.452 e. The van der Waals surface area contributed by atoms with Crippen molar-refractivity contribution in [3.05, 3.63) is 29.3 Å². The van der Waals surface area contributed by atoms with Crippen LogP contribution in [0, 0.1) is 6.92 Å². The topological polar surface area (TPSA) is 102 Å². The van der Waals surface area contributed by atoms with Gasteiger partial charge in [0.1, 0.15) is 0 Å². The molecule has 0 spiro atoms. The van der Waals surface area contributed by atoms with Gasteiger partial charge >= 0.3 is 5.97 Å². The smallest absolute Gasteiger partial charge is 0.340 e. The van der Waals surface area contributed by atoms with E-state index in [0.29, 0.717) is 32.0 Å². The second-order valence-corrected chi connectivity index (χ2v) is 5.86. The predicted octanol–water partition coefficient (Wildman–Crippen LogP) is 0.0512. The number of hydrogen-bond acceptors (Lipinski definition) is 6. The molecule has 136 valence electrons. The van der Waals surface area contributed by atoms with Crippen LogP contribution < -0.4 is 5.73 Å². The van der Waals surface area contributed by atoms with Gasteiger partial charge in [-0.2, -0.15) is 0 Å². The molecule has 0 aliphatic carbocycles. The normalized spacial score (nSPS) is 14.1. The maximum atomic E-state index is 12.1. The summed E-state index contributed by atoms with van der Waals surface area (Å²) in [7, 11) is 1.50. The van der Waals surface area contributed by atoms with E-state index in [9.17, 15) is 14.4 Å². The average molecular weight is 349 g/mol. The van der Waals surface area contributed by atoms with Gasteiger partial charge in [-0.1, -0.05) is 12.1 Å². The molecule has 0 bridgehead atoms. The Labute approximate surface area is 146 Å². The molecule has 2 N–H and O–H groups in total. The first-order valence-corrected chi connectivity index (χ1v) is 8.02. The lowest BCUT2D eigenvalue weighted by atomic mass is 10.1. The predicted molar refractivity (Wildman–Crippen MR) is 90.9 cm³/mol. The molecule has 0 radical (unpaired) electrons. The van der Waals surface area contributed by atoms with Crippen molar-refractivity contribution in [2.45, 2.75) is 6.92 Å². The fourth-order valence-corrected chi connectivity index (χ4v) is 2.38. The van der Waals surface area contributed by atoms with Crippen molar-refractivity contribution in [3.8, 4) is 0 Å². The number of ether oxygens (including phenoxy) is 2. The van der Waals surface area contributed by atoms with E-state index in [0.717, 1.165) is 5.56 Å². The molecule has 1 saturated heterocycles. The number of benzene rings is 1. The van der Waals surface area contributed by atoms with Crippen LogP contribution >= 0.6 is 0 Å². The minimum absolute atomic E-state index is 0.0665. The molecule has 1 aromatic carbocycles. The molecule has 0 atom stereocenters. The number of amides is 2. The van der Waals surface area contributed by atoms with E-state index in [-0.39, 0.29) is 18.0 Å². The molecule has 2 amide bonds. The van der Waals surface area contributed by atoms with Gasteiger partial charge in [0.05, 0.1) is 25.3 Å². The van der Waals surface area contributed by atoms with Crippen molar-refractivity contribution in [3.63, 3.8) is 0 Å². The molecule has 8 nitrogen and oxygen atoms in total. The average Bonchev–Trinajstić information content (AvgIpc) is 2.62. The quantitative estimate of drug-likeness (QED) is 0.595. The number of nitrogens with zero attached hydrogens (tertiary/aromatic N) is 2. The van der Waals surface area contributed by atoms with Gasteiger partial charge in [0.15, 0.2) is 6.61 Å². The third kappa shape index (κ3) is 4.93. The monoisotopic (exact) mass is 349 g/mol. The molecule has 1 aliphatic heterocycles. The summed E-state index contributed by atoms with van der Waals surface area (Å²) < 4.78 is 10.2. The van der Waals surface area contributed by atoms with Crippen LogP contribution in [0.4, 0.5) is 5.69 Å². The van der Waals surface area contributed by atoms with Crippen LogP contribution in [0.1, 0.15) is 15.9 Å². The number of carbonyl (C=O) groups excluding carboxylic acids is 3. The van der Waals surface area contributed by atoms with Crippen molar-refractivity contribution < 1.29 is 23.9 Å². The Morgan fingerprint density at radius 3 is 2.64 bits per heavy atom. The molecule has 1 fully saturated rings. The van der Waals surface area contributed by atoms with Crippen molar-refractivity contribution in [2.75, 3.05) is 52.2 Å². The number of para-hydroxylation sites is 1. The zero-order valence-corrected chi connectivity index (χ0v) is 14.5. The number of esters is 1. The number of likely N-dealkylation sites (N-methyl/N-ethyl adjacent to an activating group) is 1. The number of carbonyl (C=O) groups is 3. The Balaban J connectivity index is 1.83. The fourth-order valence-electron chi connectivity index (χ4n) is 2.38. The fraction of sp³-hybridized carbons (Fsp3) is 0.471. The van der Waals surface area contributed by atoms with Gasteiger partial charge in [-0.15, -0.1) is 0 Å². The molecule has 1 aliphatic rings. The summed E-state index contributed by atoms with van der Waals surface area (Å²) in [6.07, 6.45) is 0. The lowest BCUT2D eigenvalue weighted by molar-refractivity contribution is -0.143. The number of nitrogens with two attached hydrogens (primary N) is 1. The first-order chi connectivity index (χ1) is 11.9. The second-order valence-electron chi connectivity index (χ2n) is 5.86. The third-order valence-corrected chi connectivity index (χ3v) is 4.03. The number of anilines is 1. The summed E-state index contributed by atoms with van der Waals surface area (Å²) in [5.41, 5.74) is 7.15. The van der Waals surface area contributed by atoms with E-state index in [1.807, 2.05) is 0 Å². The summed E-state index contributed by atoms with van der Waals surface area (Å²) in [5.74, 6) is -1.28. The zero-order chi connectivity index (χ0) is 18.4. The Bertz CT molecular complexity index is 656. The Morgan fingerprint density at radius 1 is 1.28 bits per heavy atom. The van der Waals surface area contributed by atoms with E-state index in [1.165, 1.54) is 11.9 Å². The minimum atomic E-state index is -0.664. The van der Waals surface area contributed by atoms with E-state index in [1.54, 1.807) is 30.0 Å². The van der Waals surface area contributed by atoms with E-state index in [2.05, 4.69) is 0 Å². The number of nitrogen functional groups attached to an aromatic ring is 1. The largest absolute Gasteiger partial charge is 0.452 e. The van der Waals surface area contributed by atoms with Crippen LogP contribution in [0.15, 0.2) is 18.2 Å². The van der Waals surface area contributed by atoms with Gasteiger partial charge in [-0.25, -0.2) is 4.79 Å². The van der Waals surface area contributed by atoms with Crippen molar-refractivity contribution in [1.29, 1.82) is 0 Å². The van der Waals surface area contributed by atoms with Gasteiger partial charge in [0.2, 0.25) is 5.91 Å². The summed E-state index contributed by atoms with van der Waals surface area (Å²) in [4.78, 5) is 39.1. The highest BCUT2D eigenvalue weighted by Crippen LogP contribution is 2.17. The molecule has 25 heavy (non-hydrogen) atoms. The molecule has 1 aromatic rings. The van der Waals surface area contributed by atoms with Crippen LogP contribution in [0.2, 0.25) is 0 Å². The number of aryl methyl sites for hydroxylation is 1. The molecular formula is C17H23N3O5. The Hall–Kier alpha value is -2.61. The molecule has 2 rings (SSSR count). The van der Waals surface area contributed by atoms with Crippen molar-refractivity contribution in [1.82, 2.24) is 9.80 Å². The molecule has 0 aromatic heterocycles. The molecule has 1 heterocycles. The highest BCUT2D eigenvalue weighted by atomic mass is 16.5. The van der Waals surface area contributed by atoms with Crippen molar-refractivity contribution in [2.24, 2.45) is 0 Å². The summed E-state index contributed by atoms with van der Waals surface area (Å²) in [6.45, 7) is 3.30. The number of morpholine rings is 1. The maximum Gasteiger partial charge on any atom is 0.340 e. The summed E-state index contributed by atoms with van der Waals surface area (Å²) >= 11 is 0. The van der Waals surface area contributed by atoms with Gasteiger partial charge in [0.25, 0.3) is 5.91 Å². The van der Waals surface area contributed by atoms with Crippen LogP contribution in [0.5, 0.6) is 0 Å². The van der Waals surface area contributed by atoms with Gasteiger partial charge in [-0.3, -0.25) is 9.59 Å². The first-order valence-electron chi connectivity index (χ1n) is 8.02. The Morgan fingerprint density at radius 2 is 1.96 bits per heavy atom. The van der Waals surface area contributed by atoms with E-state index in [4.69, 9.17) is 15.2 Å². The van der Waals surface area contributed by atoms with Crippen LogP contribution in [0.25, 0.3) is 0 Å². The lowest BCUT2D eigenvalue weighted by Crippen LogP contribution is -2.46. The zero-order valence-electron chi connectivity index (χ0n) is 14.5. The molecule has 0 saturated carbocycles. The summed E-state index contributed by atoms with van der Waals surface area (Å²) in [5, 5.41) is 0. The highest BCUT2D eigenvalue weighted by molar-refractivity contribution is 5.97. The standard InChI is InChI=1S/C17H23N3O5/c1-12-4-3-5-13(16(12)18)17(23)25-11-15(22)19(2)10-14(21)20-6-8-24-9-7-20/h3-5H,6-11,18H2,1-2H3. The van der Waals surface area contributed by atoms with Gasteiger partial charge < -0.3 is 25.0 Å². The maximum absolute atomic E-state index is 12.1. The van der Waals surface area contributed by atoms with Crippen molar-refractivity contribution >= 4 is 23.5 Å². The van der Waals surface area contributed by atoms with Gasteiger partial charge in [-0.05, 0) is 18.6 Å². The third-order valence-electron chi connectivity index (χ3n) is 4.03. The van der Waals surface area contributed by atoms with E-state index >= 15 is 0 Å². The summed E-state index contributed by atoms with van der Waals surface area (Å²) in [6, 6.07) is 5.01. The Kier molecular flexibility index (Phi) is 6.35. The first kappa shape index (κ1) is 18.7. The molecule has 0 unspecified atom stereocenters. The lowest BCUT2D eigenvalue weighted by Gasteiger charge is -2.28. The van der Waals surface area contributed by atoms with Crippen LogP contribution in [0.3, 0.4) is 0 Å². The molecule has 8 heteroatoms. The molecular weight excluding hydrogens is 326 g/mol. The van der Waals surface area contributed by atoms with Gasteiger partial charge in [0, 0.05) is 25.8 Å². The van der Waals surface area contributed by atoms with Crippen LogP contribution in [-0.4, -0.2) is 74.1 Å². The second kappa shape index (κ2) is 8.48. The SMILES string of the molecule is Cc1cccc(C(=O)OCC(=O)N(C)CC(=O)N2CCOCC2)c1N. The number of hydrogen-bond donors (Lipinski definition) is 1. The highest BCUT2D eigenvalue weighted by Gasteiger charge is 2.21. The van der Waals surface area contributed by atoms with Crippen LogP contribution in [-0.2, 0) is 19.1 Å². The van der Waals surface area contributed by atoms with E-state index < -0.39 is 18.5 Å².